The molecular weight excluding hydrogens is 416 g/mol. The van der Waals surface area contributed by atoms with Crippen molar-refractivity contribution in [2.24, 2.45) is 0 Å². The van der Waals surface area contributed by atoms with Crippen LogP contribution >= 0.6 is 11.3 Å². The SMILES string of the molecule is COCCN(CC(=O)N1CCc2sccc2C1COc1ccccc1C)C(=O)COC. The van der Waals surface area contributed by atoms with Crippen molar-refractivity contribution >= 4 is 23.2 Å². The lowest BCUT2D eigenvalue weighted by Gasteiger charge is -2.37. The number of amides is 2. The van der Waals surface area contributed by atoms with Crippen molar-refractivity contribution in [1.82, 2.24) is 9.80 Å². The maximum Gasteiger partial charge on any atom is 0.249 e. The summed E-state index contributed by atoms with van der Waals surface area (Å²) in [6, 6.07) is 9.74. The van der Waals surface area contributed by atoms with Crippen molar-refractivity contribution in [2.75, 3.05) is 53.7 Å². The first-order valence-corrected chi connectivity index (χ1v) is 11.2. The highest BCUT2D eigenvalue weighted by atomic mass is 32.1. The summed E-state index contributed by atoms with van der Waals surface area (Å²) in [6.45, 7) is 3.60. The largest absolute Gasteiger partial charge is 0.491 e. The molecule has 0 radical (unpaired) electrons. The van der Waals surface area contributed by atoms with E-state index >= 15 is 0 Å². The third-order valence-electron chi connectivity index (χ3n) is 5.42. The average molecular weight is 447 g/mol. The van der Waals surface area contributed by atoms with E-state index in [0.717, 1.165) is 23.3 Å². The fraction of sp³-hybridized carbons (Fsp3) is 0.478. The Bertz CT molecular complexity index is 884. The summed E-state index contributed by atoms with van der Waals surface area (Å²) in [4.78, 5) is 30.3. The lowest BCUT2D eigenvalue weighted by molar-refractivity contribution is -0.145. The number of ether oxygens (including phenoxy) is 3. The number of benzene rings is 1. The standard InChI is InChI=1S/C23H30N2O5S/c1-17-6-4-5-7-20(17)30-15-19-18-9-13-31-21(18)8-10-25(19)22(26)14-24(11-12-28-2)23(27)16-29-3/h4-7,9,13,19H,8,10-12,14-16H2,1-3H3. The van der Waals surface area contributed by atoms with Gasteiger partial charge in [0.2, 0.25) is 11.8 Å². The monoisotopic (exact) mass is 446 g/mol. The fourth-order valence-electron chi connectivity index (χ4n) is 3.72. The Morgan fingerprint density at radius 2 is 2.00 bits per heavy atom. The molecule has 1 unspecified atom stereocenters. The first-order chi connectivity index (χ1) is 15.0. The number of carbonyl (C=O) groups is 2. The number of thiophene rings is 1. The van der Waals surface area contributed by atoms with Gasteiger partial charge in [-0.2, -0.15) is 0 Å². The van der Waals surface area contributed by atoms with Crippen molar-refractivity contribution in [3.05, 3.63) is 51.7 Å². The van der Waals surface area contributed by atoms with E-state index in [2.05, 4.69) is 11.4 Å². The fourth-order valence-corrected chi connectivity index (χ4v) is 4.65. The molecule has 0 aliphatic carbocycles. The quantitative estimate of drug-likeness (QED) is 0.561. The molecule has 1 aromatic carbocycles. The van der Waals surface area contributed by atoms with Gasteiger partial charge in [0.1, 0.15) is 19.0 Å². The molecule has 7 nitrogen and oxygen atoms in total. The summed E-state index contributed by atoms with van der Waals surface area (Å²) in [5, 5.41) is 2.06. The normalized spacial score (nSPS) is 15.5. The van der Waals surface area contributed by atoms with E-state index in [0.29, 0.717) is 26.3 Å². The van der Waals surface area contributed by atoms with Crippen LogP contribution in [0.4, 0.5) is 0 Å². The second-order valence-corrected chi connectivity index (χ2v) is 8.47. The molecule has 0 bridgehead atoms. The number of rotatable bonds is 10. The Morgan fingerprint density at radius 3 is 2.74 bits per heavy atom. The Balaban J connectivity index is 1.76. The van der Waals surface area contributed by atoms with Crippen molar-refractivity contribution in [1.29, 1.82) is 0 Å². The third-order valence-corrected chi connectivity index (χ3v) is 6.41. The van der Waals surface area contributed by atoms with Crippen molar-refractivity contribution in [3.8, 4) is 5.75 Å². The van der Waals surface area contributed by atoms with Crippen molar-refractivity contribution in [3.63, 3.8) is 0 Å². The van der Waals surface area contributed by atoms with Gasteiger partial charge in [-0.15, -0.1) is 11.3 Å². The predicted molar refractivity (Wildman–Crippen MR) is 119 cm³/mol. The zero-order valence-electron chi connectivity index (χ0n) is 18.3. The van der Waals surface area contributed by atoms with Crippen LogP contribution in [0.2, 0.25) is 0 Å². The number of nitrogens with zero attached hydrogens (tertiary/aromatic N) is 2. The first kappa shape index (κ1) is 23.2. The number of aryl methyl sites for hydroxylation is 1. The summed E-state index contributed by atoms with van der Waals surface area (Å²) < 4.78 is 16.2. The van der Waals surface area contributed by atoms with Gasteiger partial charge in [-0.05, 0) is 42.0 Å². The molecular formula is C23H30N2O5S. The first-order valence-electron chi connectivity index (χ1n) is 10.3. The number of fused-ring (bicyclic) bond motifs is 1. The van der Waals surface area contributed by atoms with Gasteiger partial charge in [0.05, 0.1) is 19.2 Å². The molecule has 0 saturated carbocycles. The minimum atomic E-state index is -0.228. The summed E-state index contributed by atoms with van der Waals surface area (Å²) in [6.07, 6.45) is 0.809. The molecule has 31 heavy (non-hydrogen) atoms. The van der Waals surface area contributed by atoms with E-state index in [1.54, 1.807) is 18.4 Å². The predicted octanol–water partition coefficient (Wildman–Crippen LogP) is 2.68. The molecule has 0 spiro atoms. The number of para-hydroxylation sites is 1. The van der Waals surface area contributed by atoms with Crippen molar-refractivity contribution in [2.45, 2.75) is 19.4 Å². The molecule has 0 fully saturated rings. The number of carbonyl (C=O) groups excluding carboxylic acids is 2. The molecule has 3 rings (SSSR count). The second kappa shape index (κ2) is 11.3. The molecule has 1 atom stereocenters. The van der Waals surface area contributed by atoms with Crippen LogP contribution in [0.25, 0.3) is 0 Å². The zero-order chi connectivity index (χ0) is 22.2. The number of hydrogen-bond donors (Lipinski definition) is 0. The second-order valence-electron chi connectivity index (χ2n) is 7.47. The van der Waals surface area contributed by atoms with Crippen LogP contribution in [0, 0.1) is 6.92 Å². The summed E-state index contributed by atoms with van der Waals surface area (Å²) in [5.74, 6) is 0.485. The van der Waals surface area contributed by atoms with E-state index in [9.17, 15) is 9.59 Å². The highest BCUT2D eigenvalue weighted by Crippen LogP contribution is 2.34. The molecule has 2 aromatic rings. The minimum absolute atomic E-state index is 0.00805. The van der Waals surface area contributed by atoms with Crippen LogP contribution in [0.5, 0.6) is 5.75 Å². The van der Waals surface area contributed by atoms with E-state index in [4.69, 9.17) is 14.2 Å². The molecule has 2 heterocycles. The van der Waals surface area contributed by atoms with Gasteiger partial charge < -0.3 is 24.0 Å². The molecule has 1 aliphatic heterocycles. The highest BCUT2D eigenvalue weighted by Gasteiger charge is 2.33. The Hall–Kier alpha value is -2.42. The average Bonchev–Trinajstić information content (AvgIpc) is 3.25. The number of methoxy groups -OCH3 is 2. The lowest BCUT2D eigenvalue weighted by atomic mass is 10.0. The molecule has 1 aromatic heterocycles. The van der Waals surface area contributed by atoms with Gasteiger partial charge in [0.25, 0.3) is 0 Å². The van der Waals surface area contributed by atoms with Gasteiger partial charge in [0.15, 0.2) is 0 Å². The van der Waals surface area contributed by atoms with E-state index < -0.39 is 0 Å². The van der Waals surface area contributed by atoms with Gasteiger partial charge in [-0.25, -0.2) is 0 Å². The Morgan fingerprint density at radius 1 is 1.19 bits per heavy atom. The van der Waals surface area contributed by atoms with E-state index in [1.165, 1.54) is 16.9 Å². The maximum absolute atomic E-state index is 13.3. The lowest BCUT2D eigenvalue weighted by Crippen LogP contribution is -2.49. The molecule has 8 heteroatoms. The van der Waals surface area contributed by atoms with Crippen LogP contribution < -0.4 is 4.74 Å². The zero-order valence-corrected chi connectivity index (χ0v) is 19.2. The van der Waals surface area contributed by atoms with Crippen LogP contribution in [0.3, 0.4) is 0 Å². The molecule has 1 aliphatic rings. The summed E-state index contributed by atoms with van der Waals surface area (Å²) in [5.41, 5.74) is 2.18. The van der Waals surface area contributed by atoms with Crippen LogP contribution in [0.1, 0.15) is 22.0 Å². The van der Waals surface area contributed by atoms with Crippen LogP contribution in [-0.4, -0.2) is 75.3 Å². The minimum Gasteiger partial charge on any atom is -0.491 e. The topological polar surface area (TPSA) is 68.3 Å². The van der Waals surface area contributed by atoms with Crippen LogP contribution in [-0.2, 0) is 25.5 Å². The Kier molecular flexibility index (Phi) is 8.45. The third kappa shape index (κ3) is 5.84. The molecule has 2 amide bonds. The summed E-state index contributed by atoms with van der Waals surface area (Å²) >= 11 is 1.71. The van der Waals surface area contributed by atoms with Gasteiger partial charge >= 0.3 is 0 Å². The number of hydrogen-bond acceptors (Lipinski definition) is 6. The molecule has 168 valence electrons. The highest BCUT2D eigenvalue weighted by molar-refractivity contribution is 7.10. The maximum atomic E-state index is 13.3. The van der Waals surface area contributed by atoms with E-state index in [1.807, 2.05) is 36.1 Å². The Labute approximate surface area is 187 Å². The van der Waals surface area contributed by atoms with Crippen molar-refractivity contribution < 1.29 is 23.8 Å². The van der Waals surface area contributed by atoms with Gasteiger partial charge in [-0.1, -0.05) is 18.2 Å². The smallest absolute Gasteiger partial charge is 0.249 e. The van der Waals surface area contributed by atoms with Gasteiger partial charge in [-0.3, -0.25) is 9.59 Å². The van der Waals surface area contributed by atoms with Crippen LogP contribution in [0.15, 0.2) is 35.7 Å². The molecule has 0 saturated heterocycles. The summed E-state index contributed by atoms with van der Waals surface area (Å²) in [7, 11) is 3.04. The molecule has 0 N–H and O–H groups in total. The van der Waals surface area contributed by atoms with Gasteiger partial charge in [0, 0.05) is 32.2 Å². The van der Waals surface area contributed by atoms with E-state index in [-0.39, 0.29) is 31.0 Å².